The monoisotopic (exact) mass is 453 g/mol. The first-order valence-corrected chi connectivity index (χ1v) is 8.72. The molecule has 2 aromatic carbocycles. The quantitative estimate of drug-likeness (QED) is 0.644. The van der Waals surface area contributed by atoms with Crippen molar-refractivity contribution in [3.8, 4) is 0 Å². The highest BCUT2D eigenvalue weighted by atomic mass is 79.9. The molecular formula is C17H13Br2NO4. The Morgan fingerprint density at radius 2 is 1.88 bits per heavy atom. The van der Waals surface area contributed by atoms with Crippen molar-refractivity contribution in [2.24, 2.45) is 0 Å². The highest BCUT2D eigenvalue weighted by Gasteiger charge is 2.35. The number of rotatable bonds is 3. The van der Waals surface area contributed by atoms with Gasteiger partial charge in [-0.15, -0.1) is 0 Å². The minimum Gasteiger partial charge on any atom is -0.469 e. The van der Waals surface area contributed by atoms with Gasteiger partial charge < -0.3 is 4.74 Å². The zero-order chi connectivity index (χ0) is 17.3. The van der Waals surface area contributed by atoms with E-state index >= 15 is 0 Å². The van der Waals surface area contributed by atoms with Crippen LogP contribution in [0.3, 0.4) is 0 Å². The standard InChI is InChI=1S/C17H13Br2NO4/c1-23-16(21)9-15-11-7-13(18)14(19)8-12(11)17(22)20(24-15)10-5-3-2-4-6-10/h2-8,15H,9H2,1H3. The molecule has 0 radical (unpaired) electrons. The topological polar surface area (TPSA) is 55.8 Å². The molecular weight excluding hydrogens is 442 g/mol. The summed E-state index contributed by atoms with van der Waals surface area (Å²) in [5, 5.41) is 1.22. The summed E-state index contributed by atoms with van der Waals surface area (Å²) >= 11 is 6.83. The van der Waals surface area contributed by atoms with Crippen LogP contribution in [0, 0.1) is 0 Å². The van der Waals surface area contributed by atoms with Crippen LogP contribution in [0.4, 0.5) is 5.69 Å². The number of hydroxylamine groups is 1. The highest BCUT2D eigenvalue weighted by molar-refractivity contribution is 9.13. The van der Waals surface area contributed by atoms with Gasteiger partial charge in [-0.25, -0.2) is 0 Å². The third-order valence-corrected chi connectivity index (χ3v) is 5.50. The minimum atomic E-state index is -0.616. The van der Waals surface area contributed by atoms with Crippen molar-refractivity contribution in [3.05, 3.63) is 62.5 Å². The Morgan fingerprint density at radius 1 is 1.21 bits per heavy atom. The lowest BCUT2D eigenvalue weighted by Gasteiger charge is -2.33. The molecule has 0 saturated carbocycles. The summed E-state index contributed by atoms with van der Waals surface area (Å²) in [5.74, 6) is -0.696. The Kier molecular flexibility index (Phi) is 5.03. The van der Waals surface area contributed by atoms with Gasteiger partial charge in [0.1, 0.15) is 6.10 Å². The molecule has 0 aliphatic carbocycles. The van der Waals surface area contributed by atoms with E-state index in [4.69, 9.17) is 9.57 Å². The number of anilines is 1. The second kappa shape index (κ2) is 7.04. The molecule has 0 saturated heterocycles. The van der Waals surface area contributed by atoms with Crippen molar-refractivity contribution in [2.45, 2.75) is 12.5 Å². The summed E-state index contributed by atoms with van der Waals surface area (Å²) in [5.41, 5.74) is 1.73. The number of carbonyl (C=O) groups excluding carboxylic acids is 2. The molecule has 1 aliphatic rings. The fourth-order valence-corrected chi connectivity index (χ4v) is 3.18. The first kappa shape index (κ1) is 17.1. The molecule has 0 aromatic heterocycles. The van der Waals surface area contributed by atoms with Crippen LogP contribution < -0.4 is 5.06 Å². The highest BCUT2D eigenvalue weighted by Crippen LogP contribution is 2.38. The van der Waals surface area contributed by atoms with Gasteiger partial charge in [-0.3, -0.25) is 14.4 Å². The van der Waals surface area contributed by atoms with E-state index in [2.05, 4.69) is 31.9 Å². The largest absolute Gasteiger partial charge is 0.469 e. The maximum Gasteiger partial charge on any atom is 0.308 e. The number of nitrogens with zero attached hydrogens (tertiary/aromatic N) is 1. The number of methoxy groups -OCH3 is 1. The maximum absolute atomic E-state index is 12.8. The summed E-state index contributed by atoms with van der Waals surface area (Å²) < 4.78 is 6.28. The maximum atomic E-state index is 12.8. The number of ether oxygens (including phenoxy) is 1. The molecule has 24 heavy (non-hydrogen) atoms. The number of carbonyl (C=O) groups is 2. The van der Waals surface area contributed by atoms with Crippen LogP contribution in [0.25, 0.3) is 0 Å². The van der Waals surface area contributed by atoms with Crippen LogP contribution in [0.1, 0.15) is 28.4 Å². The fraction of sp³-hybridized carbons (Fsp3) is 0.176. The molecule has 0 fully saturated rings. The number of hydrogen-bond donors (Lipinski definition) is 0. The van der Waals surface area contributed by atoms with Gasteiger partial charge in [0.2, 0.25) is 0 Å². The molecule has 5 nitrogen and oxygen atoms in total. The lowest BCUT2D eigenvalue weighted by Crippen LogP contribution is -2.39. The summed E-state index contributed by atoms with van der Waals surface area (Å²) in [6, 6.07) is 12.5. The summed E-state index contributed by atoms with van der Waals surface area (Å²) in [6.07, 6.45) is -0.608. The van der Waals surface area contributed by atoms with Crippen molar-refractivity contribution >= 4 is 49.4 Å². The predicted molar refractivity (Wildman–Crippen MR) is 95.6 cm³/mol. The van der Waals surface area contributed by atoms with E-state index in [9.17, 15) is 9.59 Å². The van der Waals surface area contributed by atoms with E-state index in [1.807, 2.05) is 18.2 Å². The molecule has 0 bridgehead atoms. The first-order valence-electron chi connectivity index (χ1n) is 7.13. The first-order chi connectivity index (χ1) is 11.5. The molecule has 3 rings (SSSR count). The van der Waals surface area contributed by atoms with Gasteiger partial charge in [0.25, 0.3) is 5.91 Å². The Balaban J connectivity index is 2.07. The van der Waals surface area contributed by atoms with E-state index in [1.165, 1.54) is 12.2 Å². The molecule has 0 spiro atoms. The zero-order valence-corrected chi connectivity index (χ0v) is 15.8. The van der Waals surface area contributed by atoms with E-state index in [-0.39, 0.29) is 12.3 Å². The SMILES string of the molecule is COC(=O)CC1ON(c2ccccc2)C(=O)c2cc(Br)c(Br)cc21. The Labute approximate surface area is 155 Å². The third-order valence-electron chi connectivity index (χ3n) is 3.66. The van der Waals surface area contributed by atoms with Crippen LogP contribution in [-0.4, -0.2) is 19.0 Å². The molecule has 1 amide bonds. The minimum absolute atomic E-state index is 0.00812. The number of halogens is 2. The van der Waals surface area contributed by atoms with Crippen LogP contribution in [0.5, 0.6) is 0 Å². The molecule has 1 atom stereocenters. The number of fused-ring (bicyclic) bond motifs is 1. The van der Waals surface area contributed by atoms with Gasteiger partial charge in [-0.2, -0.15) is 5.06 Å². The van der Waals surface area contributed by atoms with E-state index < -0.39 is 12.1 Å². The van der Waals surface area contributed by atoms with Gasteiger partial charge in [0, 0.05) is 14.5 Å². The number of para-hydroxylation sites is 1. The van der Waals surface area contributed by atoms with Crippen LogP contribution in [0.15, 0.2) is 51.4 Å². The smallest absolute Gasteiger partial charge is 0.308 e. The lowest BCUT2D eigenvalue weighted by molar-refractivity contribution is -0.144. The lowest BCUT2D eigenvalue weighted by atomic mass is 9.98. The van der Waals surface area contributed by atoms with Crippen molar-refractivity contribution in [1.82, 2.24) is 0 Å². The molecule has 7 heteroatoms. The third kappa shape index (κ3) is 3.24. The van der Waals surface area contributed by atoms with Crippen LogP contribution in [-0.2, 0) is 14.4 Å². The van der Waals surface area contributed by atoms with Gasteiger partial charge in [-0.05, 0) is 61.7 Å². The number of benzene rings is 2. The predicted octanol–water partition coefficient (Wildman–Crippen LogP) is 4.41. The average Bonchev–Trinajstić information content (AvgIpc) is 2.59. The summed E-state index contributed by atoms with van der Waals surface area (Å²) in [7, 11) is 1.32. The molecule has 1 heterocycles. The zero-order valence-electron chi connectivity index (χ0n) is 12.7. The molecule has 124 valence electrons. The van der Waals surface area contributed by atoms with Gasteiger partial charge >= 0.3 is 5.97 Å². The van der Waals surface area contributed by atoms with E-state index in [0.717, 1.165) is 8.95 Å². The van der Waals surface area contributed by atoms with Crippen LogP contribution in [0.2, 0.25) is 0 Å². The molecule has 1 unspecified atom stereocenters. The Hall–Kier alpha value is -1.70. The second-order valence-electron chi connectivity index (χ2n) is 5.16. The van der Waals surface area contributed by atoms with E-state index in [1.54, 1.807) is 24.3 Å². The average molecular weight is 455 g/mol. The molecule has 2 aromatic rings. The number of esters is 1. The van der Waals surface area contributed by atoms with Gasteiger partial charge in [-0.1, -0.05) is 18.2 Å². The van der Waals surface area contributed by atoms with Crippen LogP contribution >= 0.6 is 31.9 Å². The normalized spacial score (nSPS) is 16.7. The van der Waals surface area contributed by atoms with Crippen molar-refractivity contribution in [3.63, 3.8) is 0 Å². The number of amides is 1. The Morgan fingerprint density at radius 3 is 2.54 bits per heavy atom. The van der Waals surface area contributed by atoms with Crippen molar-refractivity contribution in [2.75, 3.05) is 12.2 Å². The fourth-order valence-electron chi connectivity index (χ4n) is 2.48. The van der Waals surface area contributed by atoms with E-state index in [0.29, 0.717) is 16.8 Å². The molecule has 1 aliphatic heterocycles. The van der Waals surface area contributed by atoms with Gasteiger partial charge in [0.15, 0.2) is 0 Å². The van der Waals surface area contributed by atoms with Crippen molar-refractivity contribution in [1.29, 1.82) is 0 Å². The summed E-state index contributed by atoms with van der Waals surface area (Å²) in [6.45, 7) is 0. The summed E-state index contributed by atoms with van der Waals surface area (Å²) in [4.78, 5) is 30.4. The molecule has 0 N–H and O–H groups in total. The number of hydrogen-bond acceptors (Lipinski definition) is 4. The second-order valence-corrected chi connectivity index (χ2v) is 6.87. The van der Waals surface area contributed by atoms with Crippen molar-refractivity contribution < 1.29 is 19.2 Å². The Bertz CT molecular complexity index is 795. The van der Waals surface area contributed by atoms with Gasteiger partial charge in [0.05, 0.1) is 19.2 Å².